The molecular formula is C14H18N4O3. The van der Waals surface area contributed by atoms with Crippen LogP contribution in [0.4, 0.5) is 16.2 Å². The van der Waals surface area contributed by atoms with E-state index < -0.39 is 11.7 Å². The van der Waals surface area contributed by atoms with Crippen LogP contribution >= 0.6 is 0 Å². The van der Waals surface area contributed by atoms with Crippen molar-refractivity contribution in [2.45, 2.75) is 26.4 Å². The molecule has 0 aliphatic carbocycles. The van der Waals surface area contributed by atoms with E-state index in [1.807, 2.05) is 0 Å². The number of aromatic hydroxyl groups is 1. The zero-order valence-corrected chi connectivity index (χ0v) is 12.1. The minimum absolute atomic E-state index is 0.0498. The Balaban J connectivity index is 2.32. The molecule has 0 spiro atoms. The summed E-state index contributed by atoms with van der Waals surface area (Å²) in [6.45, 7) is 5.32. The Morgan fingerprint density at radius 1 is 1.43 bits per heavy atom. The number of rotatable bonds is 2. The Bertz CT molecular complexity index is 658. The molecule has 1 aromatic carbocycles. The number of H-pyrrole nitrogens is 1. The van der Waals surface area contributed by atoms with E-state index in [0.717, 1.165) is 0 Å². The number of aromatic amines is 1. The predicted octanol–water partition coefficient (Wildman–Crippen LogP) is 2.71. The predicted molar refractivity (Wildman–Crippen MR) is 80.0 cm³/mol. The number of anilines is 2. The van der Waals surface area contributed by atoms with E-state index in [2.05, 4.69) is 15.5 Å². The molecule has 112 valence electrons. The second kappa shape index (κ2) is 5.35. The molecule has 1 heterocycles. The molecule has 0 radical (unpaired) electrons. The summed E-state index contributed by atoms with van der Waals surface area (Å²) in [5.41, 5.74) is 7.10. The third kappa shape index (κ3) is 3.65. The van der Waals surface area contributed by atoms with E-state index >= 15 is 0 Å². The molecule has 7 heteroatoms. The lowest BCUT2D eigenvalue weighted by atomic mass is 10.1. The minimum atomic E-state index is -0.603. The van der Waals surface area contributed by atoms with Gasteiger partial charge in [0.05, 0.1) is 23.3 Å². The fourth-order valence-electron chi connectivity index (χ4n) is 1.77. The van der Waals surface area contributed by atoms with Gasteiger partial charge in [0.25, 0.3) is 0 Å². The first-order chi connectivity index (χ1) is 9.76. The maximum Gasteiger partial charge on any atom is 0.412 e. The molecule has 0 unspecified atom stereocenters. The monoisotopic (exact) mass is 290 g/mol. The highest BCUT2D eigenvalue weighted by Crippen LogP contribution is 2.33. The highest BCUT2D eigenvalue weighted by Gasteiger charge is 2.18. The van der Waals surface area contributed by atoms with Gasteiger partial charge in [0, 0.05) is 5.56 Å². The van der Waals surface area contributed by atoms with Crippen LogP contribution in [-0.4, -0.2) is 27.0 Å². The van der Waals surface area contributed by atoms with Crippen molar-refractivity contribution in [2.24, 2.45) is 0 Å². The first kappa shape index (κ1) is 14.7. The van der Waals surface area contributed by atoms with Gasteiger partial charge in [-0.25, -0.2) is 4.79 Å². The first-order valence-corrected chi connectivity index (χ1v) is 6.38. The summed E-state index contributed by atoms with van der Waals surface area (Å²) in [4.78, 5) is 11.9. The summed E-state index contributed by atoms with van der Waals surface area (Å²) in [5.74, 6) is 0.0498. The van der Waals surface area contributed by atoms with Crippen LogP contribution in [0, 0.1) is 0 Å². The van der Waals surface area contributed by atoms with E-state index in [-0.39, 0.29) is 5.75 Å². The smallest absolute Gasteiger partial charge is 0.412 e. The highest BCUT2D eigenvalue weighted by molar-refractivity contribution is 5.93. The van der Waals surface area contributed by atoms with E-state index in [1.165, 1.54) is 18.3 Å². The van der Waals surface area contributed by atoms with Crippen molar-refractivity contribution >= 4 is 17.5 Å². The lowest BCUT2D eigenvalue weighted by Crippen LogP contribution is -2.27. The molecule has 7 nitrogen and oxygen atoms in total. The molecule has 0 saturated heterocycles. The lowest BCUT2D eigenvalue weighted by Gasteiger charge is -2.20. The van der Waals surface area contributed by atoms with Crippen LogP contribution in [0.1, 0.15) is 20.8 Å². The van der Waals surface area contributed by atoms with Crippen molar-refractivity contribution in [3.63, 3.8) is 0 Å². The molecular weight excluding hydrogens is 272 g/mol. The summed E-state index contributed by atoms with van der Waals surface area (Å²) in [6, 6.07) is 4.51. The number of nitrogens with one attached hydrogen (secondary N) is 2. The van der Waals surface area contributed by atoms with E-state index in [1.54, 1.807) is 26.8 Å². The molecule has 0 bridgehead atoms. The molecule has 0 fully saturated rings. The summed E-state index contributed by atoms with van der Waals surface area (Å²) < 4.78 is 5.20. The third-order valence-electron chi connectivity index (χ3n) is 2.58. The molecule has 1 aromatic heterocycles. The number of hydrogen-bond acceptors (Lipinski definition) is 5. The van der Waals surface area contributed by atoms with Gasteiger partial charge in [0.1, 0.15) is 11.4 Å². The summed E-state index contributed by atoms with van der Waals surface area (Å²) in [5, 5.41) is 18.8. The molecule has 0 saturated carbocycles. The number of carbonyl (C=O) groups is 1. The number of phenols is 1. The van der Waals surface area contributed by atoms with Gasteiger partial charge < -0.3 is 15.6 Å². The van der Waals surface area contributed by atoms with Crippen LogP contribution in [0.5, 0.6) is 5.75 Å². The Morgan fingerprint density at radius 2 is 2.14 bits per heavy atom. The fourth-order valence-corrected chi connectivity index (χ4v) is 1.77. The molecule has 2 aromatic rings. The van der Waals surface area contributed by atoms with Crippen LogP contribution in [0.15, 0.2) is 24.4 Å². The highest BCUT2D eigenvalue weighted by atomic mass is 16.6. The summed E-state index contributed by atoms with van der Waals surface area (Å²) in [6.07, 6.45) is 0.865. The average molecular weight is 290 g/mol. The molecule has 0 atom stereocenters. The Kier molecular flexibility index (Phi) is 3.75. The normalized spacial score (nSPS) is 11.2. The van der Waals surface area contributed by atoms with E-state index in [9.17, 15) is 9.90 Å². The third-order valence-corrected chi connectivity index (χ3v) is 2.58. The largest absolute Gasteiger partial charge is 0.508 e. The van der Waals surface area contributed by atoms with Gasteiger partial charge in [0.2, 0.25) is 0 Å². The zero-order valence-electron chi connectivity index (χ0n) is 12.1. The van der Waals surface area contributed by atoms with Crippen LogP contribution in [-0.2, 0) is 4.74 Å². The van der Waals surface area contributed by atoms with Crippen molar-refractivity contribution in [1.82, 2.24) is 10.2 Å². The molecule has 5 N–H and O–H groups in total. The Morgan fingerprint density at radius 3 is 2.71 bits per heavy atom. The maximum atomic E-state index is 11.9. The van der Waals surface area contributed by atoms with Crippen molar-refractivity contribution in [2.75, 3.05) is 11.1 Å². The van der Waals surface area contributed by atoms with Crippen LogP contribution in [0.3, 0.4) is 0 Å². The van der Waals surface area contributed by atoms with Crippen LogP contribution in [0.25, 0.3) is 11.3 Å². The summed E-state index contributed by atoms with van der Waals surface area (Å²) >= 11 is 0. The van der Waals surface area contributed by atoms with Gasteiger partial charge in [0.15, 0.2) is 0 Å². The number of carbonyl (C=O) groups excluding carboxylic acids is 1. The second-order valence-corrected chi connectivity index (χ2v) is 5.56. The summed E-state index contributed by atoms with van der Waals surface area (Å²) in [7, 11) is 0. The van der Waals surface area contributed by atoms with Crippen LogP contribution in [0.2, 0.25) is 0 Å². The first-order valence-electron chi connectivity index (χ1n) is 6.38. The van der Waals surface area contributed by atoms with Gasteiger partial charge in [-0.15, -0.1) is 0 Å². The van der Waals surface area contributed by atoms with Gasteiger partial charge in [-0.3, -0.25) is 10.4 Å². The fraction of sp³-hybridized carbons (Fsp3) is 0.286. The SMILES string of the molecule is CC(C)(C)OC(=O)Nc1ccc(O)cc1-c1[nH]ncc1N. The molecule has 21 heavy (non-hydrogen) atoms. The quantitative estimate of drug-likeness (QED) is 0.635. The number of phenolic OH excluding ortho intramolecular Hbond substituents is 1. The van der Waals surface area contributed by atoms with Crippen molar-refractivity contribution in [3.05, 3.63) is 24.4 Å². The Hall–Kier alpha value is -2.70. The number of nitrogens with two attached hydrogens (primary N) is 1. The Labute approximate surface area is 122 Å². The maximum absolute atomic E-state index is 11.9. The topological polar surface area (TPSA) is 113 Å². The lowest BCUT2D eigenvalue weighted by molar-refractivity contribution is 0.0636. The molecule has 1 amide bonds. The van der Waals surface area contributed by atoms with Gasteiger partial charge in [-0.1, -0.05) is 0 Å². The standard InChI is InChI=1S/C14H18N4O3/c1-14(2,3)21-13(20)17-11-5-4-8(19)6-9(11)12-10(15)7-16-18-12/h4-7,19H,15H2,1-3H3,(H,16,18)(H,17,20). The van der Waals surface area contributed by atoms with Crippen molar-refractivity contribution in [3.8, 4) is 17.0 Å². The number of nitrogens with zero attached hydrogens (tertiary/aromatic N) is 1. The average Bonchev–Trinajstić information content (AvgIpc) is 2.75. The zero-order chi connectivity index (χ0) is 15.6. The van der Waals surface area contributed by atoms with Gasteiger partial charge in [-0.2, -0.15) is 5.10 Å². The van der Waals surface area contributed by atoms with E-state index in [0.29, 0.717) is 22.6 Å². The number of ether oxygens (including phenoxy) is 1. The van der Waals surface area contributed by atoms with Gasteiger partial charge in [-0.05, 0) is 39.0 Å². The molecule has 0 aliphatic heterocycles. The van der Waals surface area contributed by atoms with Crippen molar-refractivity contribution in [1.29, 1.82) is 0 Å². The number of benzene rings is 1. The van der Waals surface area contributed by atoms with Crippen molar-refractivity contribution < 1.29 is 14.6 Å². The molecule has 0 aliphatic rings. The van der Waals surface area contributed by atoms with E-state index in [4.69, 9.17) is 10.5 Å². The van der Waals surface area contributed by atoms with Crippen LogP contribution < -0.4 is 11.1 Å². The molecule has 2 rings (SSSR count). The number of amides is 1. The second-order valence-electron chi connectivity index (χ2n) is 5.56. The van der Waals surface area contributed by atoms with Gasteiger partial charge >= 0.3 is 6.09 Å². The number of hydrogen-bond donors (Lipinski definition) is 4. The number of aromatic nitrogens is 2. The number of nitrogen functional groups attached to an aromatic ring is 1. The minimum Gasteiger partial charge on any atom is -0.508 e.